The van der Waals surface area contributed by atoms with E-state index in [0.717, 1.165) is 32.5 Å². The Kier molecular flexibility index (Phi) is 3.56. The van der Waals surface area contributed by atoms with Crippen LogP contribution in [0.25, 0.3) is 0 Å². The Morgan fingerprint density at radius 2 is 2.18 bits per heavy atom. The quantitative estimate of drug-likeness (QED) is 0.575. The lowest BCUT2D eigenvalue weighted by Crippen LogP contribution is -2.27. The second-order valence-corrected chi connectivity index (χ2v) is 2.87. The first-order chi connectivity index (χ1) is 5.33. The molecule has 0 amide bonds. The summed E-state index contributed by atoms with van der Waals surface area (Å²) in [5.74, 6) is 0. The fourth-order valence-corrected chi connectivity index (χ4v) is 1.23. The lowest BCUT2D eigenvalue weighted by molar-refractivity contribution is -0.0959. The maximum absolute atomic E-state index is 9.04. The average molecular weight is 156 g/mol. The zero-order valence-corrected chi connectivity index (χ0v) is 7.01. The van der Waals surface area contributed by atoms with Crippen LogP contribution in [0.3, 0.4) is 0 Å². The molecule has 1 aliphatic heterocycles. The molecule has 0 aromatic carbocycles. The molecule has 3 nitrogen and oxygen atoms in total. The number of piperidine rings is 1. The maximum atomic E-state index is 9.04. The number of rotatable bonds is 2. The van der Waals surface area contributed by atoms with E-state index in [-0.39, 0.29) is 0 Å². The standard InChI is InChI=1S/C8H16N2O/c1-9-5-2-8-3-6-10(11)7-4-8/h2,9,11H,3-7H2,1H3. The third kappa shape index (κ3) is 3.01. The van der Waals surface area contributed by atoms with E-state index in [4.69, 9.17) is 5.21 Å². The minimum atomic E-state index is 0.787. The highest BCUT2D eigenvalue weighted by molar-refractivity contribution is 5.05. The molecule has 1 fully saturated rings. The van der Waals surface area contributed by atoms with E-state index >= 15 is 0 Å². The number of nitrogens with one attached hydrogen (secondary N) is 1. The summed E-state index contributed by atoms with van der Waals surface area (Å²) in [5.41, 5.74) is 1.46. The number of nitrogens with zero attached hydrogens (tertiary/aromatic N) is 1. The van der Waals surface area contributed by atoms with Crippen LogP contribution in [0.4, 0.5) is 0 Å². The molecule has 0 saturated carbocycles. The largest absolute Gasteiger partial charge is 0.316 e. The molecular formula is C8H16N2O. The summed E-state index contributed by atoms with van der Waals surface area (Å²) >= 11 is 0. The molecule has 0 spiro atoms. The van der Waals surface area contributed by atoms with Gasteiger partial charge in [0.05, 0.1) is 0 Å². The summed E-state index contributed by atoms with van der Waals surface area (Å²) in [5, 5.41) is 13.5. The zero-order valence-electron chi connectivity index (χ0n) is 7.01. The van der Waals surface area contributed by atoms with Gasteiger partial charge in [-0.15, -0.1) is 0 Å². The first-order valence-electron chi connectivity index (χ1n) is 4.09. The molecule has 0 aliphatic carbocycles. The van der Waals surface area contributed by atoms with Crippen molar-refractivity contribution in [2.75, 3.05) is 26.7 Å². The van der Waals surface area contributed by atoms with Gasteiger partial charge in [0.25, 0.3) is 0 Å². The normalized spacial score (nSPS) is 20.4. The highest BCUT2D eigenvalue weighted by atomic mass is 16.5. The van der Waals surface area contributed by atoms with Crippen LogP contribution in [0, 0.1) is 0 Å². The monoisotopic (exact) mass is 156 g/mol. The van der Waals surface area contributed by atoms with E-state index in [2.05, 4.69) is 11.4 Å². The molecule has 64 valence electrons. The third-order valence-corrected chi connectivity index (χ3v) is 1.98. The molecule has 1 aliphatic rings. The van der Waals surface area contributed by atoms with E-state index in [1.54, 1.807) is 0 Å². The number of hydroxylamine groups is 2. The van der Waals surface area contributed by atoms with E-state index < -0.39 is 0 Å². The van der Waals surface area contributed by atoms with Crippen molar-refractivity contribution in [1.29, 1.82) is 0 Å². The van der Waals surface area contributed by atoms with Gasteiger partial charge >= 0.3 is 0 Å². The molecular weight excluding hydrogens is 140 g/mol. The van der Waals surface area contributed by atoms with Gasteiger partial charge in [0, 0.05) is 19.6 Å². The van der Waals surface area contributed by atoms with Crippen LogP contribution < -0.4 is 5.32 Å². The number of hydrogen-bond acceptors (Lipinski definition) is 3. The van der Waals surface area contributed by atoms with Crippen LogP contribution in [0.1, 0.15) is 12.8 Å². The predicted molar refractivity (Wildman–Crippen MR) is 44.6 cm³/mol. The summed E-state index contributed by atoms with van der Waals surface area (Å²) in [6.45, 7) is 2.52. The molecule has 3 heteroatoms. The van der Waals surface area contributed by atoms with Crippen LogP contribution in [-0.4, -0.2) is 37.0 Å². The van der Waals surface area contributed by atoms with Crippen molar-refractivity contribution < 1.29 is 5.21 Å². The summed E-state index contributed by atoms with van der Waals surface area (Å²) in [4.78, 5) is 0. The van der Waals surface area contributed by atoms with Crippen LogP contribution in [0.2, 0.25) is 0 Å². The van der Waals surface area contributed by atoms with E-state index in [1.165, 1.54) is 10.6 Å². The smallest absolute Gasteiger partial charge is 0.0275 e. The zero-order chi connectivity index (χ0) is 8.10. The summed E-state index contributed by atoms with van der Waals surface area (Å²) in [6, 6.07) is 0. The summed E-state index contributed by atoms with van der Waals surface area (Å²) in [6.07, 6.45) is 4.24. The van der Waals surface area contributed by atoms with Gasteiger partial charge in [-0.3, -0.25) is 0 Å². The Hall–Kier alpha value is -0.380. The van der Waals surface area contributed by atoms with Crippen molar-refractivity contribution in [3.8, 4) is 0 Å². The first-order valence-corrected chi connectivity index (χ1v) is 4.09. The highest BCUT2D eigenvalue weighted by Gasteiger charge is 2.09. The minimum absolute atomic E-state index is 0.787. The molecule has 0 aromatic heterocycles. The molecule has 0 radical (unpaired) electrons. The molecule has 0 unspecified atom stereocenters. The molecule has 1 heterocycles. The SMILES string of the molecule is CNCC=C1CCN(O)CC1. The van der Waals surface area contributed by atoms with E-state index in [0.29, 0.717) is 0 Å². The van der Waals surface area contributed by atoms with Crippen molar-refractivity contribution in [2.45, 2.75) is 12.8 Å². The molecule has 0 atom stereocenters. The average Bonchev–Trinajstić information content (AvgIpc) is 2.04. The topological polar surface area (TPSA) is 35.5 Å². The molecule has 0 aromatic rings. The molecule has 1 rings (SSSR count). The Labute approximate surface area is 67.7 Å². The van der Waals surface area contributed by atoms with Crippen molar-refractivity contribution in [3.05, 3.63) is 11.6 Å². The predicted octanol–water partition coefficient (Wildman–Crippen LogP) is 0.617. The summed E-state index contributed by atoms with van der Waals surface area (Å²) < 4.78 is 0. The summed E-state index contributed by atoms with van der Waals surface area (Å²) in [7, 11) is 1.94. The number of hydrogen-bond donors (Lipinski definition) is 2. The third-order valence-electron chi connectivity index (χ3n) is 1.98. The minimum Gasteiger partial charge on any atom is -0.316 e. The second kappa shape index (κ2) is 4.49. The number of likely N-dealkylation sites (N-methyl/N-ethyl adjacent to an activating group) is 1. The van der Waals surface area contributed by atoms with Gasteiger partial charge in [-0.1, -0.05) is 11.6 Å². The second-order valence-electron chi connectivity index (χ2n) is 2.87. The molecule has 2 N–H and O–H groups in total. The fourth-order valence-electron chi connectivity index (χ4n) is 1.23. The van der Waals surface area contributed by atoms with E-state index in [9.17, 15) is 0 Å². The Bertz CT molecular complexity index is 135. The maximum Gasteiger partial charge on any atom is 0.0275 e. The van der Waals surface area contributed by atoms with Crippen molar-refractivity contribution in [2.24, 2.45) is 0 Å². The Morgan fingerprint density at radius 1 is 1.55 bits per heavy atom. The van der Waals surface area contributed by atoms with Crippen molar-refractivity contribution >= 4 is 0 Å². The Morgan fingerprint density at radius 3 is 2.73 bits per heavy atom. The highest BCUT2D eigenvalue weighted by Crippen LogP contribution is 2.13. The van der Waals surface area contributed by atoms with Crippen LogP contribution >= 0.6 is 0 Å². The van der Waals surface area contributed by atoms with Gasteiger partial charge in [-0.25, -0.2) is 0 Å². The molecule has 0 bridgehead atoms. The van der Waals surface area contributed by atoms with Gasteiger partial charge in [0.1, 0.15) is 0 Å². The van der Waals surface area contributed by atoms with Gasteiger partial charge < -0.3 is 10.5 Å². The van der Waals surface area contributed by atoms with Crippen molar-refractivity contribution in [1.82, 2.24) is 10.4 Å². The van der Waals surface area contributed by atoms with Crippen LogP contribution in [0.15, 0.2) is 11.6 Å². The van der Waals surface area contributed by atoms with Gasteiger partial charge in [-0.05, 0) is 19.9 Å². The molecule has 1 saturated heterocycles. The van der Waals surface area contributed by atoms with Crippen LogP contribution in [-0.2, 0) is 0 Å². The Balaban J connectivity index is 2.26. The van der Waals surface area contributed by atoms with Gasteiger partial charge in [0.2, 0.25) is 0 Å². The van der Waals surface area contributed by atoms with E-state index in [1.807, 2.05) is 7.05 Å². The molecule has 11 heavy (non-hydrogen) atoms. The van der Waals surface area contributed by atoms with Gasteiger partial charge in [0.15, 0.2) is 0 Å². The van der Waals surface area contributed by atoms with Gasteiger partial charge in [-0.2, -0.15) is 5.06 Å². The lowest BCUT2D eigenvalue weighted by atomic mass is 10.1. The first kappa shape index (κ1) is 8.71. The lowest BCUT2D eigenvalue weighted by Gasteiger charge is -2.22. The van der Waals surface area contributed by atoms with Crippen LogP contribution in [0.5, 0.6) is 0 Å². The van der Waals surface area contributed by atoms with Crippen molar-refractivity contribution in [3.63, 3.8) is 0 Å². The fraction of sp³-hybridized carbons (Fsp3) is 0.750.